The van der Waals surface area contributed by atoms with Crippen molar-refractivity contribution in [3.8, 4) is 0 Å². The third-order valence-corrected chi connectivity index (χ3v) is 0.695. The fourth-order valence-corrected chi connectivity index (χ4v) is 0.355. The van der Waals surface area contributed by atoms with Crippen LogP contribution in [0, 0.1) is 37.5 Å². The number of rotatable bonds is 4. The molecule has 10 heavy (non-hydrogen) atoms. The van der Waals surface area contributed by atoms with Crippen molar-refractivity contribution in [1.29, 1.82) is 0 Å². The summed E-state index contributed by atoms with van der Waals surface area (Å²) in [4.78, 5) is 19.8. The average Bonchev–Trinajstić information content (AvgIpc) is 1.66. The third kappa shape index (κ3) is 16.0. The number of hydrogen-bond acceptors (Lipinski definition) is 2. The minimum absolute atomic E-state index is 0. The molecule has 0 aliphatic heterocycles. The summed E-state index contributed by atoms with van der Waals surface area (Å²) in [7, 11) is 0. The summed E-state index contributed by atoms with van der Waals surface area (Å²) >= 11 is 0. The fraction of sp³-hybridized carbons (Fsp3) is 0.500. The van der Waals surface area contributed by atoms with Gasteiger partial charge in [0.2, 0.25) is 0 Å². The molecule has 0 unspecified atom stereocenters. The van der Waals surface area contributed by atoms with Crippen LogP contribution in [0.4, 0.5) is 0 Å². The van der Waals surface area contributed by atoms with Crippen molar-refractivity contribution in [3.63, 3.8) is 0 Å². The van der Waals surface area contributed by atoms with Crippen molar-refractivity contribution in [2.45, 2.75) is 19.8 Å². The molecule has 4 heteroatoms. The Labute approximate surface area is 96.8 Å². The van der Waals surface area contributed by atoms with Gasteiger partial charge in [0.05, 0.1) is 6.29 Å². The van der Waals surface area contributed by atoms with E-state index in [9.17, 15) is 9.59 Å². The zero-order valence-corrected chi connectivity index (χ0v) is 11.4. The Balaban J connectivity index is -0.000000245. The van der Waals surface area contributed by atoms with Crippen LogP contribution in [0.3, 0.4) is 0 Å². The van der Waals surface area contributed by atoms with Gasteiger partial charge >= 0.3 is 0 Å². The Morgan fingerprint density at radius 3 is 2.40 bits per heavy atom. The molecule has 0 bridgehead atoms. The molecule has 55 valence electrons. The maximum atomic E-state index is 10.2. The Hall–Kier alpha value is 0.976. The molecule has 0 saturated heterocycles. The Morgan fingerprint density at radius 2 is 2.10 bits per heavy atom. The number of unbranched alkanes of at least 4 members (excludes halogenated alkanes) is 1. The zero-order chi connectivity index (χ0) is 6.41. The van der Waals surface area contributed by atoms with E-state index in [-0.39, 0.29) is 55.5 Å². The predicted molar refractivity (Wildman–Crippen MR) is 30.3 cm³/mol. The summed E-state index contributed by atoms with van der Waals surface area (Å²) in [6, 6.07) is 0. The molecule has 0 aromatic heterocycles. The minimum Gasteiger partial charge on any atom is -0.315 e. The van der Waals surface area contributed by atoms with Crippen molar-refractivity contribution < 1.29 is 59.3 Å². The quantitative estimate of drug-likeness (QED) is 0.396. The van der Waals surface area contributed by atoms with E-state index in [1.807, 2.05) is 0 Å². The number of hydrogen-bond donors (Lipinski definition) is 0. The second kappa shape index (κ2) is 12.6. The fourth-order valence-electron chi connectivity index (χ4n) is 0.355. The van der Waals surface area contributed by atoms with E-state index in [0.29, 0.717) is 12.8 Å². The van der Waals surface area contributed by atoms with Crippen LogP contribution in [0.1, 0.15) is 19.8 Å². The molecule has 0 amide bonds. The first-order valence-corrected chi connectivity index (χ1v) is 2.52. The first kappa shape index (κ1) is 17.2. The summed E-state index contributed by atoms with van der Waals surface area (Å²) in [6.07, 6.45) is 3.25. The monoisotopic (exact) mass is 402 g/mol. The van der Waals surface area contributed by atoms with E-state index >= 15 is 0 Å². The molecule has 0 aliphatic rings. The molecule has 0 heterocycles. The second-order valence-corrected chi connectivity index (χ2v) is 1.60. The molecule has 0 rings (SSSR count). The summed E-state index contributed by atoms with van der Waals surface area (Å²) in [6.45, 7) is 1.50. The first-order valence-electron chi connectivity index (χ1n) is 2.52. The van der Waals surface area contributed by atoms with E-state index < -0.39 is 0 Å². The maximum absolute atomic E-state index is 10.2. The van der Waals surface area contributed by atoms with Gasteiger partial charge in [-0.05, 0) is 6.92 Å². The molecule has 0 aliphatic carbocycles. The molecule has 0 fully saturated rings. The average molecular weight is 402 g/mol. The first-order chi connectivity index (χ1) is 3.77. The number of ketones is 1. The largest absolute Gasteiger partial charge is 0.315 e. The molecule has 2 nitrogen and oxygen atoms in total. The van der Waals surface area contributed by atoms with Crippen LogP contribution in [-0.4, -0.2) is 12.1 Å². The van der Waals surface area contributed by atoms with Crippen molar-refractivity contribution in [2.75, 3.05) is 0 Å². The van der Waals surface area contributed by atoms with Gasteiger partial charge in [-0.2, -0.15) is 0 Å². The van der Waals surface area contributed by atoms with Crippen LogP contribution in [-0.2, 0) is 28.1 Å². The number of carbonyl (C=O) groups is 2. The van der Waals surface area contributed by atoms with Crippen molar-refractivity contribution in [2.24, 2.45) is 0 Å². The molecule has 0 aromatic rings. The predicted octanol–water partition coefficient (Wildman–Crippen LogP) is 0.756. The molecule has 0 atom stereocenters. The zero-order valence-electron chi connectivity index (χ0n) is 5.83. The van der Waals surface area contributed by atoms with Crippen molar-refractivity contribution in [1.82, 2.24) is 0 Å². The van der Waals surface area contributed by atoms with E-state index in [1.165, 1.54) is 6.92 Å². The molecule has 0 spiro atoms. The van der Waals surface area contributed by atoms with Gasteiger partial charge in [-0.15, -0.1) is 12.8 Å². The smallest absolute Gasteiger partial charge is 0.100 e. The van der Waals surface area contributed by atoms with Crippen LogP contribution in [0.15, 0.2) is 0 Å². The van der Waals surface area contributed by atoms with E-state index in [1.54, 1.807) is 6.42 Å². The standard InChI is InChI=1S/C6H9O2.U.V/c1-6(8)4-2-3-5-7;;/h2,5H,3-4H2,1H3;;/q-1;;. The topological polar surface area (TPSA) is 34.1 Å². The van der Waals surface area contributed by atoms with Gasteiger partial charge in [0.1, 0.15) is 5.78 Å². The number of aldehydes is 1. The summed E-state index contributed by atoms with van der Waals surface area (Å²) in [5, 5.41) is 0. The molecule has 0 N–H and O–H groups in total. The normalized spacial score (nSPS) is 6.90. The van der Waals surface area contributed by atoms with Gasteiger partial charge in [-0.3, -0.25) is 0 Å². The minimum atomic E-state index is 0. The van der Waals surface area contributed by atoms with Gasteiger partial charge in [0, 0.05) is 49.7 Å². The second-order valence-electron chi connectivity index (χ2n) is 1.60. The Morgan fingerprint density at radius 1 is 1.60 bits per heavy atom. The van der Waals surface area contributed by atoms with Gasteiger partial charge in [-0.25, -0.2) is 0 Å². The van der Waals surface area contributed by atoms with Crippen LogP contribution < -0.4 is 0 Å². The van der Waals surface area contributed by atoms with Gasteiger partial charge < -0.3 is 16.0 Å². The SMILES string of the molecule is CC(=O)C[CH-]CC=O.[U].[V]. The van der Waals surface area contributed by atoms with Gasteiger partial charge in [0.15, 0.2) is 0 Å². The van der Waals surface area contributed by atoms with Crippen LogP contribution in [0.2, 0.25) is 0 Å². The van der Waals surface area contributed by atoms with Crippen LogP contribution in [0.25, 0.3) is 0 Å². The van der Waals surface area contributed by atoms with Crippen molar-refractivity contribution in [3.05, 3.63) is 6.42 Å². The number of carbonyl (C=O) groups excluding carboxylic acids is 2. The number of Topliss-reactive ketones (excluding diaryl/α,β-unsaturated/α-hetero) is 1. The van der Waals surface area contributed by atoms with E-state index in [2.05, 4.69) is 0 Å². The maximum Gasteiger partial charge on any atom is 0.100 e. The molecule has 0 aromatic carbocycles. The van der Waals surface area contributed by atoms with E-state index in [0.717, 1.165) is 6.29 Å². The molecule has 0 saturated carbocycles. The van der Waals surface area contributed by atoms with Crippen LogP contribution in [0.5, 0.6) is 0 Å². The molecular formula is C6H9O2UV-. The third-order valence-electron chi connectivity index (χ3n) is 0.695. The summed E-state index contributed by atoms with van der Waals surface area (Å²) < 4.78 is 0. The van der Waals surface area contributed by atoms with Gasteiger partial charge in [-0.1, -0.05) is 0 Å². The summed E-state index contributed by atoms with van der Waals surface area (Å²) in [5.74, 6) is 0.104. The Kier molecular flexibility index (Phi) is 21.7. The molecule has 1 radical (unpaired) electrons. The van der Waals surface area contributed by atoms with Crippen molar-refractivity contribution >= 4 is 12.1 Å². The summed E-state index contributed by atoms with van der Waals surface area (Å²) in [5.41, 5.74) is 0. The Bertz CT molecular complexity index is 95.7. The van der Waals surface area contributed by atoms with Gasteiger partial charge in [0.25, 0.3) is 0 Å². The van der Waals surface area contributed by atoms with E-state index in [4.69, 9.17) is 0 Å². The molecular weight excluding hydrogens is 393 g/mol. The van der Waals surface area contributed by atoms with Crippen LogP contribution >= 0.6 is 0 Å².